The Morgan fingerprint density at radius 3 is 2.59 bits per heavy atom. The molecule has 4 bridgehead atoms. The van der Waals surface area contributed by atoms with E-state index in [0.29, 0.717) is 36.5 Å². The first-order chi connectivity index (χ1) is 21.5. The summed E-state index contributed by atoms with van der Waals surface area (Å²) in [5, 5.41) is 5.70. The van der Waals surface area contributed by atoms with E-state index < -0.39 is 40.8 Å². The second-order valence-corrected chi connectivity index (χ2v) is 20.4. The van der Waals surface area contributed by atoms with Crippen molar-refractivity contribution in [2.24, 2.45) is 5.92 Å². The van der Waals surface area contributed by atoms with Gasteiger partial charge in [-0.25, -0.2) is 19.4 Å². The van der Waals surface area contributed by atoms with Gasteiger partial charge in [0.2, 0.25) is 5.88 Å². The minimum absolute atomic E-state index is 0.0353. The summed E-state index contributed by atoms with van der Waals surface area (Å²) in [4.78, 5) is 24.7. The van der Waals surface area contributed by atoms with E-state index in [9.17, 15) is 26.4 Å². The third-order valence-electron chi connectivity index (χ3n) is 9.61. The van der Waals surface area contributed by atoms with Crippen molar-refractivity contribution in [3.8, 4) is 11.7 Å². The summed E-state index contributed by atoms with van der Waals surface area (Å²) in [5.41, 5.74) is -0.324. The number of carbonyl (C=O) groups excluding carboxylic acids is 1. The minimum atomic E-state index is -4.30. The van der Waals surface area contributed by atoms with Gasteiger partial charge < -0.3 is 15.0 Å². The third-order valence-corrected chi connectivity index (χ3v) is 15.1. The molecule has 3 aliphatic rings. The predicted octanol–water partition coefficient (Wildman–Crippen LogP) is 5.31. The Kier molecular flexibility index (Phi) is 7.89. The predicted molar refractivity (Wildman–Crippen MR) is 168 cm³/mol. The largest absolute Gasteiger partial charge is 0.480 e. The summed E-state index contributed by atoms with van der Waals surface area (Å²) < 4.78 is 77.2. The van der Waals surface area contributed by atoms with Crippen LogP contribution in [0.5, 0.6) is 5.88 Å². The molecule has 0 aromatic carbocycles. The number of hydrogen-bond donors (Lipinski definition) is 2. The molecule has 46 heavy (non-hydrogen) atoms. The second kappa shape index (κ2) is 11.2. The van der Waals surface area contributed by atoms with Gasteiger partial charge in [-0.05, 0) is 76.1 Å². The van der Waals surface area contributed by atoms with Crippen molar-refractivity contribution in [1.29, 1.82) is 0 Å². The number of amides is 1. The molecule has 1 atom stereocenters. The van der Waals surface area contributed by atoms with E-state index in [1.54, 1.807) is 43.6 Å². The average molecular weight is 678 g/mol. The van der Waals surface area contributed by atoms with E-state index in [2.05, 4.69) is 34.0 Å². The van der Waals surface area contributed by atoms with Gasteiger partial charge in [-0.15, -0.1) is 5.10 Å². The highest BCUT2D eigenvalue weighted by molar-refractivity contribution is 7.90. The first-order valence-electron chi connectivity index (χ1n) is 15.3. The topological polar surface area (TPSA) is 131 Å². The van der Waals surface area contributed by atoms with Crippen molar-refractivity contribution in [3.63, 3.8) is 0 Å². The van der Waals surface area contributed by atoms with Crippen LogP contribution in [-0.4, -0.2) is 73.2 Å². The van der Waals surface area contributed by atoms with E-state index in [4.69, 9.17) is 9.72 Å². The zero-order valence-corrected chi connectivity index (χ0v) is 28.0. The summed E-state index contributed by atoms with van der Waals surface area (Å²) in [5.74, 6) is 0.676. The van der Waals surface area contributed by atoms with E-state index >= 15 is 0 Å². The molecular weight excluding hydrogens is 640 g/mol. The molecule has 11 nitrogen and oxygen atoms in total. The van der Waals surface area contributed by atoms with Crippen LogP contribution < -0.4 is 19.7 Å². The maximum atomic E-state index is 13.8. The van der Waals surface area contributed by atoms with E-state index in [-0.39, 0.29) is 35.5 Å². The number of carbonyl (C=O) groups is 1. The van der Waals surface area contributed by atoms with Crippen LogP contribution in [0.1, 0.15) is 56.3 Å². The van der Waals surface area contributed by atoms with Crippen LogP contribution in [0.4, 0.5) is 24.8 Å². The fourth-order valence-corrected chi connectivity index (χ4v) is 10.7. The number of aromatic nitrogens is 4. The van der Waals surface area contributed by atoms with Crippen LogP contribution >= 0.6 is 0 Å². The molecule has 2 fully saturated rings. The van der Waals surface area contributed by atoms with Crippen molar-refractivity contribution >= 4 is 35.6 Å². The number of sulfonamides is 1. The molecule has 3 aromatic rings. The quantitative estimate of drug-likeness (QED) is 0.345. The number of anilines is 2. The number of fused-ring (bicyclic) bond motifs is 6. The van der Waals surface area contributed by atoms with Crippen LogP contribution in [-0.2, 0) is 10.0 Å². The fourth-order valence-electron chi connectivity index (χ4n) is 6.77. The lowest BCUT2D eigenvalue weighted by molar-refractivity contribution is -0.143. The average Bonchev–Trinajstić information content (AvgIpc) is 3.61. The van der Waals surface area contributed by atoms with Crippen molar-refractivity contribution in [3.05, 3.63) is 48.2 Å². The van der Waals surface area contributed by atoms with E-state index in [1.165, 1.54) is 16.8 Å². The van der Waals surface area contributed by atoms with Crippen LogP contribution in [0.25, 0.3) is 5.82 Å². The highest BCUT2D eigenvalue weighted by atomic mass is 32.2. The van der Waals surface area contributed by atoms with Crippen molar-refractivity contribution < 1.29 is 31.1 Å². The Balaban J connectivity index is 1.31. The molecule has 1 amide bonds. The number of nitrogens with zero attached hydrogens (tertiary/aromatic N) is 5. The van der Waals surface area contributed by atoms with Crippen molar-refractivity contribution in [2.45, 2.75) is 80.8 Å². The lowest BCUT2D eigenvalue weighted by atomic mass is 9.93. The number of pyridine rings is 2. The van der Waals surface area contributed by atoms with Crippen LogP contribution in [0.15, 0.2) is 47.6 Å². The molecule has 0 radical (unpaired) electrons. The van der Waals surface area contributed by atoms with Gasteiger partial charge in [0.25, 0.3) is 15.9 Å². The van der Waals surface area contributed by atoms with Crippen molar-refractivity contribution in [1.82, 2.24) is 24.5 Å². The SMILES string of the molecule is CC1(C)C[C@@H]2CCCNc3cccc(n3)S(=O)(=O)NC(=O)c3ccc(-n4ccc(OC[Si](C)(C)C5(C(F)(F)F)CC5)n4)nc3N1C2. The third kappa shape index (κ3) is 5.96. The van der Waals surface area contributed by atoms with Crippen LogP contribution in [0.2, 0.25) is 18.1 Å². The molecule has 1 saturated carbocycles. The monoisotopic (exact) mass is 677 g/mol. The molecule has 248 valence electrons. The number of rotatable bonds is 5. The Labute approximate surface area is 267 Å². The molecule has 1 aliphatic carbocycles. The Hall–Kier alpha value is -3.66. The van der Waals surface area contributed by atoms with Gasteiger partial charge >= 0.3 is 6.18 Å². The lowest BCUT2D eigenvalue weighted by Crippen LogP contribution is -2.48. The minimum Gasteiger partial charge on any atom is -0.480 e. The van der Waals surface area contributed by atoms with Gasteiger partial charge in [0.15, 0.2) is 10.8 Å². The smallest absolute Gasteiger partial charge is 0.392 e. The zero-order chi connectivity index (χ0) is 33.1. The summed E-state index contributed by atoms with van der Waals surface area (Å²) in [6.45, 7) is 8.74. The summed E-state index contributed by atoms with van der Waals surface area (Å²) in [6.07, 6.45) is 0.151. The van der Waals surface area contributed by atoms with Gasteiger partial charge in [0.1, 0.15) is 19.7 Å². The summed E-state index contributed by atoms with van der Waals surface area (Å²) in [6, 6.07) is 9.19. The molecule has 0 spiro atoms. The number of nitrogens with one attached hydrogen (secondary N) is 2. The molecule has 5 heterocycles. The molecule has 2 aliphatic heterocycles. The van der Waals surface area contributed by atoms with Gasteiger partial charge in [-0.1, -0.05) is 19.2 Å². The van der Waals surface area contributed by atoms with Gasteiger partial charge in [0.05, 0.1) is 16.8 Å². The highest BCUT2D eigenvalue weighted by Crippen LogP contribution is 2.69. The van der Waals surface area contributed by atoms with Gasteiger partial charge in [-0.2, -0.15) is 21.6 Å². The number of ether oxygens (including phenoxy) is 1. The summed E-state index contributed by atoms with van der Waals surface area (Å²) >= 11 is 0. The first-order valence-corrected chi connectivity index (χ1v) is 20.0. The molecule has 16 heteroatoms. The molecule has 6 rings (SSSR count). The van der Waals surface area contributed by atoms with Crippen LogP contribution in [0.3, 0.4) is 0 Å². The molecule has 3 aromatic heterocycles. The molecule has 2 N–H and O–H groups in total. The highest BCUT2D eigenvalue weighted by Gasteiger charge is 2.71. The van der Waals surface area contributed by atoms with Crippen molar-refractivity contribution in [2.75, 3.05) is 29.5 Å². The molecular formula is C30H38F3N7O4SSi. The maximum Gasteiger partial charge on any atom is 0.392 e. The van der Waals surface area contributed by atoms with E-state index in [1.807, 2.05) is 4.90 Å². The Morgan fingerprint density at radius 2 is 1.87 bits per heavy atom. The second-order valence-electron chi connectivity index (χ2n) is 13.7. The molecule has 0 unspecified atom stereocenters. The van der Waals surface area contributed by atoms with E-state index in [0.717, 1.165) is 19.3 Å². The number of alkyl halides is 3. The fraction of sp³-hybridized carbons (Fsp3) is 0.533. The molecule has 1 saturated heterocycles. The van der Waals surface area contributed by atoms with Crippen LogP contribution in [0, 0.1) is 5.92 Å². The first kappa shape index (κ1) is 32.3. The number of hydrogen-bond acceptors (Lipinski definition) is 9. The lowest BCUT2D eigenvalue weighted by Gasteiger charge is -2.34. The zero-order valence-electron chi connectivity index (χ0n) is 26.2. The Bertz CT molecular complexity index is 1760. The standard InChI is InChI=1S/C30H38F3N7O4SSi/c1-28(2)17-20-7-6-15-34-22-8-5-9-25(35-22)45(42,43)38-27(41)21-10-11-23(36-26(21)39(28)18-20)40-16-12-24(37-40)44-19-46(3,4)29(13-14-29)30(31,32)33/h5,8-12,16,20H,6-7,13-15,17-19H2,1-4H3,(H,34,35)(H,38,41)/t20-/m0/s1. The van der Waals surface area contributed by atoms with Gasteiger partial charge in [0, 0.05) is 30.9 Å². The Morgan fingerprint density at radius 1 is 1.11 bits per heavy atom. The summed E-state index contributed by atoms with van der Waals surface area (Å²) in [7, 11) is -7.15. The van der Waals surface area contributed by atoms with Gasteiger partial charge in [-0.3, -0.25) is 4.79 Å². The number of halogens is 3. The normalized spacial score (nSPS) is 22.1. The maximum absolute atomic E-state index is 13.8.